The summed E-state index contributed by atoms with van der Waals surface area (Å²) in [6.45, 7) is 6.43. The Morgan fingerprint density at radius 2 is 1.92 bits per heavy atom. The Morgan fingerprint density at radius 3 is 2.70 bits per heavy atom. The van der Waals surface area contributed by atoms with Crippen LogP contribution in [0.4, 0.5) is 5.82 Å². The summed E-state index contributed by atoms with van der Waals surface area (Å²) in [5.41, 5.74) is 4.07. The second-order valence-corrected chi connectivity index (χ2v) is 9.65. The second kappa shape index (κ2) is 11.1. The third kappa shape index (κ3) is 5.81. The van der Waals surface area contributed by atoms with Crippen LogP contribution in [0.15, 0.2) is 48.7 Å². The predicted molar refractivity (Wildman–Crippen MR) is 143 cm³/mol. The van der Waals surface area contributed by atoms with E-state index in [0.29, 0.717) is 36.9 Å². The zero-order valence-corrected chi connectivity index (χ0v) is 21.7. The third-order valence-corrected chi connectivity index (χ3v) is 6.42. The van der Waals surface area contributed by atoms with Crippen LogP contribution in [0.3, 0.4) is 0 Å². The monoisotopic (exact) mass is 502 g/mol. The van der Waals surface area contributed by atoms with Crippen LogP contribution in [-0.2, 0) is 4.74 Å². The minimum Gasteiger partial charge on any atom is -0.378 e. The van der Waals surface area contributed by atoms with Gasteiger partial charge in [0.15, 0.2) is 17.2 Å². The number of carbonyl (C=O) groups excluding carboxylic acids is 1. The first kappa shape index (κ1) is 24.9. The molecule has 3 aromatic heterocycles. The number of hydrogen-bond donors (Lipinski definition) is 1. The van der Waals surface area contributed by atoms with E-state index in [1.54, 1.807) is 15.3 Å². The Hall–Kier alpha value is -3.76. The molecule has 194 valence electrons. The number of morpholine rings is 1. The number of ether oxygens (including phenoxy) is 1. The molecule has 0 saturated carbocycles. The number of rotatable bonds is 9. The number of anilines is 1. The average Bonchev–Trinajstić information content (AvgIpc) is 3.56. The van der Waals surface area contributed by atoms with Gasteiger partial charge in [-0.1, -0.05) is 23.8 Å². The van der Waals surface area contributed by atoms with Crippen molar-refractivity contribution < 1.29 is 9.53 Å². The number of unbranched alkanes of at least 4 members (excludes halogenated alkanes) is 1. The van der Waals surface area contributed by atoms with Crippen LogP contribution in [0.1, 0.15) is 28.9 Å². The maximum atomic E-state index is 12.9. The van der Waals surface area contributed by atoms with Gasteiger partial charge in [0.2, 0.25) is 0 Å². The number of fused-ring (bicyclic) bond motifs is 1. The minimum atomic E-state index is -0.189. The van der Waals surface area contributed by atoms with Crippen molar-refractivity contribution in [1.82, 2.24) is 34.6 Å². The summed E-state index contributed by atoms with van der Waals surface area (Å²) >= 11 is 0. The standard InChI is InChI=1S/C27H34N8O2/c1-20-7-6-8-21(17-20)22-9-12-34(30-22)24-19-26(33-13-15-37-16-14-33)35-25(29-24)18-23(31-35)27(36)28-10-4-5-11-32(2)3/h6-9,12,17-19H,4-5,10-11,13-16H2,1-3H3,(H,28,36). The van der Waals surface area contributed by atoms with E-state index in [4.69, 9.17) is 14.8 Å². The number of benzene rings is 1. The van der Waals surface area contributed by atoms with Crippen molar-refractivity contribution in [3.8, 4) is 17.1 Å². The average molecular weight is 503 g/mol. The molecule has 1 N–H and O–H groups in total. The van der Waals surface area contributed by atoms with Crippen LogP contribution in [0.2, 0.25) is 0 Å². The highest BCUT2D eigenvalue weighted by Crippen LogP contribution is 2.24. The van der Waals surface area contributed by atoms with Gasteiger partial charge < -0.3 is 19.9 Å². The molecule has 4 aromatic rings. The largest absolute Gasteiger partial charge is 0.378 e. The Bertz CT molecular complexity index is 1370. The van der Waals surface area contributed by atoms with Crippen LogP contribution in [0.5, 0.6) is 0 Å². The number of aryl methyl sites for hydroxylation is 1. The fraction of sp³-hybridized carbons (Fsp3) is 0.407. The van der Waals surface area contributed by atoms with Crippen molar-refractivity contribution in [3.63, 3.8) is 0 Å². The normalized spacial score (nSPS) is 14.0. The van der Waals surface area contributed by atoms with Crippen molar-refractivity contribution in [2.75, 3.05) is 58.4 Å². The summed E-state index contributed by atoms with van der Waals surface area (Å²) in [6.07, 6.45) is 3.86. The van der Waals surface area contributed by atoms with Gasteiger partial charge in [0.25, 0.3) is 5.91 Å². The van der Waals surface area contributed by atoms with E-state index in [-0.39, 0.29) is 5.91 Å². The van der Waals surface area contributed by atoms with Gasteiger partial charge in [-0.2, -0.15) is 14.7 Å². The van der Waals surface area contributed by atoms with Crippen molar-refractivity contribution in [1.29, 1.82) is 0 Å². The molecule has 5 rings (SSSR count). The summed E-state index contributed by atoms with van der Waals surface area (Å²) in [5, 5.41) is 12.4. The molecule has 0 radical (unpaired) electrons. The van der Waals surface area contributed by atoms with Crippen molar-refractivity contribution in [2.24, 2.45) is 0 Å². The summed E-state index contributed by atoms with van der Waals surface area (Å²) < 4.78 is 9.09. The third-order valence-electron chi connectivity index (χ3n) is 6.42. The maximum absolute atomic E-state index is 12.9. The first-order valence-corrected chi connectivity index (χ1v) is 12.8. The SMILES string of the molecule is Cc1cccc(-c2ccn(-c3cc(N4CCOCC4)n4nc(C(=O)NCCCCN(C)C)cc4n3)n2)c1. The van der Waals surface area contributed by atoms with E-state index >= 15 is 0 Å². The number of aromatic nitrogens is 5. The number of nitrogens with zero attached hydrogens (tertiary/aromatic N) is 7. The fourth-order valence-electron chi connectivity index (χ4n) is 4.45. The van der Waals surface area contributed by atoms with Crippen molar-refractivity contribution in [3.05, 3.63) is 59.9 Å². The molecular formula is C27H34N8O2. The molecule has 1 aromatic carbocycles. The molecule has 0 aliphatic carbocycles. The first-order valence-electron chi connectivity index (χ1n) is 12.8. The molecule has 4 heterocycles. The zero-order chi connectivity index (χ0) is 25.8. The number of amides is 1. The van der Waals surface area contributed by atoms with E-state index < -0.39 is 0 Å². The van der Waals surface area contributed by atoms with Gasteiger partial charge in [0, 0.05) is 43.5 Å². The smallest absolute Gasteiger partial charge is 0.271 e. The molecule has 1 saturated heterocycles. The molecule has 1 aliphatic heterocycles. The summed E-state index contributed by atoms with van der Waals surface area (Å²) in [5.74, 6) is 1.34. The number of nitrogens with one attached hydrogen (secondary N) is 1. The van der Waals surface area contributed by atoms with Crippen molar-refractivity contribution >= 4 is 17.4 Å². The zero-order valence-electron chi connectivity index (χ0n) is 21.7. The van der Waals surface area contributed by atoms with E-state index in [0.717, 1.165) is 49.6 Å². The van der Waals surface area contributed by atoms with Gasteiger partial charge >= 0.3 is 0 Å². The molecule has 10 heteroatoms. The lowest BCUT2D eigenvalue weighted by atomic mass is 10.1. The lowest BCUT2D eigenvalue weighted by Gasteiger charge is -2.29. The summed E-state index contributed by atoms with van der Waals surface area (Å²) in [4.78, 5) is 22.0. The Morgan fingerprint density at radius 1 is 1.08 bits per heavy atom. The summed E-state index contributed by atoms with van der Waals surface area (Å²) in [6, 6.07) is 14.0. The van der Waals surface area contributed by atoms with Gasteiger partial charge in [-0.25, -0.2) is 9.67 Å². The van der Waals surface area contributed by atoms with Gasteiger partial charge in [-0.05, 0) is 52.5 Å². The summed E-state index contributed by atoms with van der Waals surface area (Å²) in [7, 11) is 4.10. The van der Waals surface area contributed by atoms with Crippen LogP contribution in [0.25, 0.3) is 22.7 Å². The van der Waals surface area contributed by atoms with E-state index in [9.17, 15) is 4.79 Å². The van der Waals surface area contributed by atoms with Gasteiger partial charge in [-0.3, -0.25) is 4.79 Å². The van der Waals surface area contributed by atoms with Gasteiger partial charge in [-0.15, -0.1) is 0 Å². The highest BCUT2D eigenvalue weighted by molar-refractivity contribution is 5.93. The maximum Gasteiger partial charge on any atom is 0.271 e. The highest BCUT2D eigenvalue weighted by atomic mass is 16.5. The molecule has 0 unspecified atom stereocenters. The molecule has 10 nitrogen and oxygen atoms in total. The molecule has 1 amide bonds. The molecule has 0 bridgehead atoms. The van der Waals surface area contributed by atoms with Crippen molar-refractivity contribution in [2.45, 2.75) is 19.8 Å². The quantitative estimate of drug-likeness (QED) is 0.352. The van der Waals surface area contributed by atoms with Crippen LogP contribution in [-0.4, -0.2) is 88.7 Å². The molecular weight excluding hydrogens is 468 g/mol. The Balaban J connectivity index is 1.44. The highest BCUT2D eigenvalue weighted by Gasteiger charge is 2.20. The number of carbonyl (C=O) groups is 1. The second-order valence-electron chi connectivity index (χ2n) is 9.65. The van der Waals surface area contributed by atoms with Gasteiger partial charge in [0.05, 0.1) is 18.9 Å². The Labute approximate surface area is 216 Å². The van der Waals surface area contributed by atoms with Gasteiger partial charge in [0.1, 0.15) is 5.82 Å². The molecule has 37 heavy (non-hydrogen) atoms. The number of hydrogen-bond acceptors (Lipinski definition) is 7. The molecule has 0 spiro atoms. The van der Waals surface area contributed by atoms with E-state index in [1.165, 1.54) is 5.56 Å². The minimum absolute atomic E-state index is 0.189. The molecule has 0 atom stereocenters. The first-order chi connectivity index (χ1) is 18.0. The molecule has 1 fully saturated rings. The van der Waals surface area contributed by atoms with E-state index in [1.807, 2.05) is 24.4 Å². The molecule has 1 aliphatic rings. The van der Waals surface area contributed by atoms with Crippen LogP contribution in [0, 0.1) is 6.92 Å². The fourth-order valence-corrected chi connectivity index (χ4v) is 4.45. The lowest BCUT2D eigenvalue weighted by molar-refractivity contribution is 0.0947. The lowest BCUT2D eigenvalue weighted by Crippen LogP contribution is -2.37. The predicted octanol–water partition coefficient (Wildman–Crippen LogP) is 2.80. The topological polar surface area (TPSA) is 92.8 Å². The Kier molecular flexibility index (Phi) is 7.47. The van der Waals surface area contributed by atoms with E-state index in [2.05, 4.69) is 59.4 Å². The van der Waals surface area contributed by atoms with Crippen LogP contribution < -0.4 is 10.2 Å². The van der Waals surface area contributed by atoms with Crippen LogP contribution >= 0.6 is 0 Å².